The van der Waals surface area contributed by atoms with Gasteiger partial charge in [0.05, 0.1) is 6.10 Å². The smallest absolute Gasteiger partial charge is 0.305 e. The highest BCUT2D eigenvalue weighted by Crippen LogP contribution is 2.13. The highest BCUT2D eigenvalue weighted by Gasteiger charge is 2.12. The van der Waals surface area contributed by atoms with Crippen molar-refractivity contribution in [2.24, 2.45) is 5.92 Å². The van der Waals surface area contributed by atoms with Gasteiger partial charge in [-0.15, -0.1) is 0 Å². The Morgan fingerprint density at radius 2 is 1.14 bits per heavy atom. The molecule has 0 fully saturated rings. The van der Waals surface area contributed by atoms with Gasteiger partial charge in [-0.1, -0.05) is 146 Å². The van der Waals surface area contributed by atoms with Gasteiger partial charge < -0.3 is 19.7 Å². The number of aliphatic hydroxyl groups excluding tert-OH is 2. The Bertz CT molecular complexity index is 782. The molecular formula is C38H66O6. The summed E-state index contributed by atoms with van der Waals surface area (Å²) in [6.45, 7) is 6.42. The molecule has 0 unspecified atom stereocenters. The van der Waals surface area contributed by atoms with Gasteiger partial charge in [-0.05, 0) is 44.4 Å². The second-order valence-corrected chi connectivity index (χ2v) is 12.3. The molecule has 44 heavy (non-hydrogen) atoms. The van der Waals surface area contributed by atoms with Crippen LogP contribution in [0.15, 0.2) is 48.6 Å². The average Bonchev–Trinajstić information content (AvgIpc) is 3.00. The number of carbonyl (C=O) groups excluding carboxylic acids is 2. The third-order valence-electron chi connectivity index (χ3n) is 7.35. The first kappa shape index (κ1) is 41.8. The van der Waals surface area contributed by atoms with Gasteiger partial charge in [0.2, 0.25) is 0 Å². The number of rotatable bonds is 30. The van der Waals surface area contributed by atoms with Crippen molar-refractivity contribution in [2.45, 2.75) is 161 Å². The fourth-order valence-electron chi connectivity index (χ4n) is 4.61. The van der Waals surface area contributed by atoms with E-state index in [2.05, 4.69) is 51.2 Å². The molecule has 2 N–H and O–H groups in total. The number of aliphatic hydroxyl groups is 2. The summed E-state index contributed by atoms with van der Waals surface area (Å²) in [4.78, 5) is 23.8. The van der Waals surface area contributed by atoms with Crippen LogP contribution in [-0.4, -0.2) is 47.6 Å². The Labute approximate surface area is 270 Å². The first-order valence-corrected chi connectivity index (χ1v) is 17.7. The number of ether oxygens (including phenoxy) is 2. The van der Waals surface area contributed by atoms with Gasteiger partial charge in [0, 0.05) is 12.8 Å². The minimum atomic E-state index is -0.997. The maximum atomic E-state index is 11.9. The maximum absolute atomic E-state index is 11.9. The highest BCUT2D eigenvalue weighted by molar-refractivity contribution is 5.69. The van der Waals surface area contributed by atoms with Gasteiger partial charge in [0.15, 0.2) is 0 Å². The molecule has 6 nitrogen and oxygen atoms in total. The highest BCUT2D eigenvalue weighted by atomic mass is 16.6. The monoisotopic (exact) mass is 618 g/mol. The number of unbranched alkanes of at least 4 members (excludes halogenated alkanes) is 11. The van der Waals surface area contributed by atoms with Gasteiger partial charge in [0.1, 0.15) is 19.3 Å². The molecule has 2 atom stereocenters. The van der Waals surface area contributed by atoms with Crippen LogP contribution >= 0.6 is 0 Å². The van der Waals surface area contributed by atoms with Crippen molar-refractivity contribution in [3.05, 3.63) is 48.6 Å². The lowest BCUT2D eigenvalue weighted by molar-refractivity contribution is -0.152. The third-order valence-corrected chi connectivity index (χ3v) is 7.35. The third kappa shape index (κ3) is 32.7. The first-order valence-electron chi connectivity index (χ1n) is 17.7. The largest absolute Gasteiger partial charge is 0.463 e. The van der Waals surface area contributed by atoms with Gasteiger partial charge in [0.25, 0.3) is 0 Å². The van der Waals surface area contributed by atoms with E-state index >= 15 is 0 Å². The van der Waals surface area contributed by atoms with Gasteiger partial charge in [-0.2, -0.15) is 0 Å². The van der Waals surface area contributed by atoms with Gasteiger partial charge in [-0.25, -0.2) is 0 Å². The first-order chi connectivity index (χ1) is 21.3. The number of esters is 2. The summed E-state index contributed by atoms with van der Waals surface area (Å²) < 4.78 is 10.2. The second-order valence-electron chi connectivity index (χ2n) is 12.3. The zero-order valence-electron chi connectivity index (χ0n) is 28.4. The Morgan fingerprint density at radius 1 is 0.614 bits per heavy atom. The SMILES string of the molecule is CCCCC[C@@H](O)/C=C/C=C\C/C=C\C/C=C\CCCC(=O)OC[C@H](O)COC(=O)CCCCCCCCCCCC(C)C. The molecule has 6 heteroatoms. The topological polar surface area (TPSA) is 93.1 Å². The minimum absolute atomic E-state index is 0.145. The van der Waals surface area contributed by atoms with Crippen LogP contribution < -0.4 is 0 Å². The van der Waals surface area contributed by atoms with Crippen LogP contribution in [0.25, 0.3) is 0 Å². The van der Waals surface area contributed by atoms with Crippen LogP contribution in [0, 0.1) is 5.92 Å². The molecule has 0 aromatic carbocycles. The zero-order valence-corrected chi connectivity index (χ0v) is 28.4. The van der Waals surface area contributed by atoms with E-state index in [1.54, 1.807) is 0 Å². The van der Waals surface area contributed by atoms with E-state index < -0.39 is 6.10 Å². The molecule has 0 saturated carbocycles. The summed E-state index contributed by atoms with van der Waals surface area (Å²) in [6, 6.07) is 0. The second kappa shape index (κ2) is 32.2. The van der Waals surface area contributed by atoms with E-state index in [1.165, 1.54) is 51.4 Å². The molecule has 0 radical (unpaired) electrons. The summed E-state index contributed by atoms with van der Waals surface area (Å²) in [7, 11) is 0. The Morgan fingerprint density at radius 3 is 1.75 bits per heavy atom. The zero-order chi connectivity index (χ0) is 32.5. The molecule has 254 valence electrons. The normalized spacial score (nSPS) is 13.6. The summed E-state index contributed by atoms with van der Waals surface area (Å²) in [5.74, 6) is 0.152. The molecule has 0 saturated heterocycles. The van der Waals surface area contributed by atoms with E-state index in [0.717, 1.165) is 63.7 Å². The molecule has 0 amide bonds. The summed E-state index contributed by atoms with van der Waals surface area (Å²) >= 11 is 0. The van der Waals surface area contributed by atoms with Crippen molar-refractivity contribution in [1.29, 1.82) is 0 Å². The Kier molecular flexibility index (Phi) is 30.6. The molecule has 0 aromatic heterocycles. The van der Waals surface area contributed by atoms with Crippen molar-refractivity contribution < 1.29 is 29.3 Å². The van der Waals surface area contributed by atoms with Crippen molar-refractivity contribution >= 4 is 11.9 Å². The molecule has 0 bridgehead atoms. The fraction of sp³-hybridized carbons (Fsp3) is 0.737. The fourth-order valence-corrected chi connectivity index (χ4v) is 4.61. The maximum Gasteiger partial charge on any atom is 0.305 e. The van der Waals surface area contributed by atoms with Gasteiger partial charge in [-0.3, -0.25) is 9.59 Å². The van der Waals surface area contributed by atoms with E-state index in [9.17, 15) is 19.8 Å². The van der Waals surface area contributed by atoms with E-state index in [0.29, 0.717) is 12.8 Å². The predicted molar refractivity (Wildman–Crippen MR) is 183 cm³/mol. The molecule has 0 aromatic rings. The Balaban J connectivity index is 3.63. The number of carbonyl (C=O) groups is 2. The van der Waals surface area contributed by atoms with E-state index in [-0.39, 0.29) is 37.7 Å². The van der Waals surface area contributed by atoms with Crippen LogP contribution in [0.2, 0.25) is 0 Å². The minimum Gasteiger partial charge on any atom is -0.463 e. The van der Waals surface area contributed by atoms with Crippen LogP contribution in [0.5, 0.6) is 0 Å². The van der Waals surface area contributed by atoms with Crippen LogP contribution in [0.3, 0.4) is 0 Å². The van der Waals surface area contributed by atoms with Crippen molar-refractivity contribution in [2.75, 3.05) is 13.2 Å². The lowest BCUT2D eigenvalue weighted by Gasteiger charge is -2.12. The molecule has 0 aliphatic heterocycles. The average molecular weight is 619 g/mol. The van der Waals surface area contributed by atoms with Crippen LogP contribution in [-0.2, 0) is 19.1 Å². The Hall–Kier alpha value is -2.18. The summed E-state index contributed by atoms with van der Waals surface area (Å²) in [6.07, 6.45) is 34.9. The predicted octanol–water partition coefficient (Wildman–Crippen LogP) is 9.50. The number of hydrogen-bond donors (Lipinski definition) is 2. The van der Waals surface area contributed by atoms with Crippen LogP contribution in [0.1, 0.15) is 149 Å². The lowest BCUT2D eigenvalue weighted by Crippen LogP contribution is -2.25. The molecule has 0 aliphatic rings. The molecular weight excluding hydrogens is 552 g/mol. The number of hydrogen-bond acceptors (Lipinski definition) is 6. The quantitative estimate of drug-likeness (QED) is 0.0360. The van der Waals surface area contributed by atoms with Gasteiger partial charge >= 0.3 is 11.9 Å². The number of allylic oxidation sites excluding steroid dienone is 7. The summed E-state index contributed by atoms with van der Waals surface area (Å²) in [5, 5.41) is 19.8. The standard InChI is InChI=1S/C38H66O6/c1-4-5-22-28-35(39)29-24-19-15-11-7-6-8-12-16-20-25-30-37(41)43-32-36(40)33-44-38(42)31-26-21-17-13-9-10-14-18-23-27-34(2)3/h6-7,12,15-16,19,24,29,34-36,39-40H,4-5,8-11,13-14,17-18,20-23,25-28,30-33H2,1-3H3/b7-6-,16-12-,19-15-,29-24+/t35-,36+/m1/s1. The molecule has 0 spiro atoms. The molecule has 0 rings (SSSR count). The molecule has 0 heterocycles. The van der Waals surface area contributed by atoms with Crippen molar-refractivity contribution in [3.8, 4) is 0 Å². The van der Waals surface area contributed by atoms with Crippen molar-refractivity contribution in [1.82, 2.24) is 0 Å². The lowest BCUT2D eigenvalue weighted by atomic mass is 10.0. The molecule has 0 aliphatic carbocycles. The van der Waals surface area contributed by atoms with Crippen LogP contribution in [0.4, 0.5) is 0 Å². The van der Waals surface area contributed by atoms with E-state index in [4.69, 9.17) is 9.47 Å². The van der Waals surface area contributed by atoms with Crippen molar-refractivity contribution in [3.63, 3.8) is 0 Å². The summed E-state index contributed by atoms with van der Waals surface area (Å²) in [5.41, 5.74) is 0. The van der Waals surface area contributed by atoms with E-state index in [1.807, 2.05) is 18.2 Å².